The van der Waals surface area contributed by atoms with Crippen molar-refractivity contribution in [1.29, 1.82) is 0 Å². The van der Waals surface area contributed by atoms with E-state index in [1.807, 2.05) is 72.8 Å². The number of aromatic nitrogens is 2. The first-order valence-electron chi connectivity index (χ1n) is 9.40. The summed E-state index contributed by atoms with van der Waals surface area (Å²) in [6.45, 7) is 0.105. The molecule has 0 amide bonds. The molecule has 0 spiro atoms. The average Bonchev–Trinajstić information content (AvgIpc) is 3.27. The van der Waals surface area contributed by atoms with Crippen LogP contribution >= 0.6 is 0 Å². The van der Waals surface area contributed by atoms with E-state index in [1.165, 1.54) is 6.07 Å². The molecule has 2 heterocycles. The molecule has 0 radical (unpaired) electrons. The molecule has 0 aliphatic heterocycles. The van der Waals surface area contributed by atoms with E-state index < -0.39 is 5.63 Å². The van der Waals surface area contributed by atoms with Gasteiger partial charge in [-0.15, -0.1) is 0 Å². The molecule has 0 saturated heterocycles. The highest BCUT2D eigenvalue weighted by Gasteiger charge is 2.11. The number of hydrogen-bond donors (Lipinski definition) is 0. The molecular weight excluding hydrogens is 380 g/mol. The van der Waals surface area contributed by atoms with Crippen LogP contribution in [0.5, 0.6) is 5.75 Å². The van der Waals surface area contributed by atoms with Crippen LogP contribution in [-0.4, -0.2) is 10.1 Å². The van der Waals surface area contributed by atoms with Crippen LogP contribution in [0.3, 0.4) is 0 Å². The van der Waals surface area contributed by atoms with E-state index in [9.17, 15) is 4.79 Å². The third-order valence-corrected chi connectivity index (χ3v) is 4.66. The first kappa shape index (κ1) is 17.9. The van der Waals surface area contributed by atoms with E-state index in [0.717, 1.165) is 22.1 Å². The van der Waals surface area contributed by atoms with Gasteiger partial charge >= 0.3 is 5.63 Å². The zero-order chi connectivity index (χ0) is 20.3. The normalized spacial score (nSPS) is 10.9. The summed E-state index contributed by atoms with van der Waals surface area (Å²) in [4.78, 5) is 16.4. The van der Waals surface area contributed by atoms with Crippen LogP contribution in [0.15, 0.2) is 98.7 Å². The second-order valence-electron chi connectivity index (χ2n) is 6.67. The minimum absolute atomic E-state index is 0.105. The van der Waals surface area contributed by atoms with Gasteiger partial charge in [0.1, 0.15) is 11.3 Å². The van der Waals surface area contributed by atoms with Crippen molar-refractivity contribution >= 4 is 11.0 Å². The molecule has 30 heavy (non-hydrogen) atoms. The summed E-state index contributed by atoms with van der Waals surface area (Å²) in [7, 11) is 0. The van der Waals surface area contributed by atoms with Crippen molar-refractivity contribution in [3.05, 3.63) is 101 Å². The third-order valence-electron chi connectivity index (χ3n) is 4.66. The predicted octanol–water partition coefficient (Wildman–Crippen LogP) is 5.09. The Morgan fingerprint density at radius 1 is 0.833 bits per heavy atom. The molecule has 2 aromatic heterocycles. The van der Waals surface area contributed by atoms with Gasteiger partial charge in [0.2, 0.25) is 5.82 Å². The molecule has 3 aromatic carbocycles. The van der Waals surface area contributed by atoms with Gasteiger partial charge in [-0.1, -0.05) is 65.8 Å². The highest BCUT2D eigenvalue weighted by molar-refractivity contribution is 5.93. The van der Waals surface area contributed by atoms with Gasteiger partial charge in [-0.2, -0.15) is 4.98 Å². The Bertz CT molecular complexity index is 1360. The summed E-state index contributed by atoms with van der Waals surface area (Å²) in [6, 6.07) is 26.2. The molecule has 0 bridgehead atoms. The maximum Gasteiger partial charge on any atom is 0.336 e. The summed E-state index contributed by atoms with van der Waals surface area (Å²) in [5, 5.41) is 4.81. The van der Waals surface area contributed by atoms with Crippen LogP contribution in [0.2, 0.25) is 0 Å². The maximum absolute atomic E-state index is 12.1. The largest absolute Gasteiger partial charge is 0.484 e. The van der Waals surface area contributed by atoms with Gasteiger partial charge in [0.15, 0.2) is 6.61 Å². The standard InChI is InChI=1S/C24H16N2O4/c27-23-14-20(16-7-3-1-4-8-16)19-12-11-18(13-21(19)29-23)28-15-22-25-24(26-30-22)17-9-5-2-6-10-17/h1-14H,15H2. The van der Waals surface area contributed by atoms with Crippen LogP contribution in [0.1, 0.15) is 5.89 Å². The summed E-state index contributed by atoms with van der Waals surface area (Å²) < 4.78 is 16.4. The lowest BCUT2D eigenvalue weighted by atomic mass is 10.0. The van der Waals surface area contributed by atoms with Gasteiger partial charge in [0, 0.05) is 23.1 Å². The van der Waals surface area contributed by atoms with E-state index in [0.29, 0.717) is 23.0 Å². The molecule has 6 nitrogen and oxygen atoms in total. The zero-order valence-corrected chi connectivity index (χ0v) is 15.8. The molecule has 6 heteroatoms. The van der Waals surface area contributed by atoms with Crippen LogP contribution in [0.4, 0.5) is 0 Å². The monoisotopic (exact) mass is 396 g/mol. The summed E-state index contributed by atoms with van der Waals surface area (Å²) >= 11 is 0. The lowest BCUT2D eigenvalue weighted by Crippen LogP contribution is -1.99. The minimum atomic E-state index is -0.414. The molecule has 0 aliphatic rings. The molecule has 0 aliphatic carbocycles. The van der Waals surface area contributed by atoms with Crippen molar-refractivity contribution in [3.8, 4) is 28.3 Å². The third kappa shape index (κ3) is 3.58. The summed E-state index contributed by atoms with van der Waals surface area (Å²) in [5.74, 6) is 1.40. The SMILES string of the molecule is O=c1cc(-c2ccccc2)c2ccc(OCc3nc(-c4ccccc4)no3)cc2o1. The molecular formula is C24H16N2O4. The van der Waals surface area contributed by atoms with Crippen LogP contribution in [-0.2, 0) is 6.61 Å². The van der Waals surface area contributed by atoms with Crippen molar-refractivity contribution in [2.45, 2.75) is 6.61 Å². The van der Waals surface area contributed by atoms with Crippen molar-refractivity contribution < 1.29 is 13.7 Å². The van der Waals surface area contributed by atoms with E-state index >= 15 is 0 Å². The van der Waals surface area contributed by atoms with E-state index in [1.54, 1.807) is 6.07 Å². The summed E-state index contributed by atoms with van der Waals surface area (Å²) in [6.07, 6.45) is 0. The van der Waals surface area contributed by atoms with Crippen LogP contribution < -0.4 is 10.4 Å². The fraction of sp³-hybridized carbons (Fsp3) is 0.0417. The first-order valence-corrected chi connectivity index (χ1v) is 9.40. The predicted molar refractivity (Wildman–Crippen MR) is 112 cm³/mol. The molecule has 0 unspecified atom stereocenters. The zero-order valence-electron chi connectivity index (χ0n) is 15.8. The Hall–Kier alpha value is -4.19. The number of benzene rings is 3. The molecule has 0 N–H and O–H groups in total. The van der Waals surface area contributed by atoms with Gasteiger partial charge in [-0.25, -0.2) is 4.79 Å². The topological polar surface area (TPSA) is 78.4 Å². The lowest BCUT2D eigenvalue weighted by Gasteiger charge is -2.08. The van der Waals surface area contributed by atoms with E-state index in [-0.39, 0.29) is 6.61 Å². The van der Waals surface area contributed by atoms with Crippen molar-refractivity contribution in [1.82, 2.24) is 10.1 Å². The van der Waals surface area contributed by atoms with Gasteiger partial charge in [0.05, 0.1) is 0 Å². The van der Waals surface area contributed by atoms with E-state index in [4.69, 9.17) is 13.7 Å². The quantitative estimate of drug-likeness (QED) is 0.385. The molecule has 5 rings (SSSR count). The molecule has 0 atom stereocenters. The highest BCUT2D eigenvalue weighted by atomic mass is 16.5. The smallest absolute Gasteiger partial charge is 0.336 e. The number of fused-ring (bicyclic) bond motifs is 1. The Labute approximate surface area is 171 Å². The van der Waals surface area contributed by atoms with Crippen molar-refractivity contribution in [2.24, 2.45) is 0 Å². The van der Waals surface area contributed by atoms with Crippen LogP contribution in [0.25, 0.3) is 33.5 Å². The number of hydrogen-bond acceptors (Lipinski definition) is 6. The number of rotatable bonds is 5. The van der Waals surface area contributed by atoms with Crippen LogP contribution in [0, 0.1) is 0 Å². The second kappa shape index (κ2) is 7.67. The van der Waals surface area contributed by atoms with Crippen molar-refractivity contribution in [3.63, 3.8) is 0 Å². The molecule has 0 fully saturated rings. The van der Waals surface area contributed by atoms with Gasteiger partial charge in [-0.05, 0) is 23.3 Å². The molecule has 5 aromatic rings. The molecule has 146 valence electrons. The molecule has 0 saturated carbocycles. The minimum Gasteiger partial charge on any atom is -0.484 e. The Morgan fingerprint density at radius 3 is 2.33 bits per heavy atom. The Kier molecular flexibility index (Phi) is 4.57. The lowest BCUT2D eigenvalue weighted by molar-refractivity contribution is 0.243. The fourth-order valence-electron chi connectivity index (χ4n) is 3.25. The van der Waals surface area contributed by atoms with Gasteiger partial charge in [-0.3, -0.25) is 0 Å². The second-order valence-corrected chi connectivity index (χ2v) is 6.67. The Morgan fingerprint density at radius 2 is 1.57 bits per heavy atom. The fourth-order valence-corrected chi connectivity index (χ4v) is 3.25. The highest BCUT2D eigenvalue weighted by Crippen LogP contribution is 2.29. The average molecular weight is 396 g/mol. The van der Waals surface area contributed by atoms with Crippen molar-refractivity contribution in [2.75, 3.05) is 0 Å². The first-order chi connectivity index (χ1) is 14.8. The van der Waals surface area contributed by atoms with Gasteiger partial charge in [0.25, 0.3) is 5.89 Å². The summed E-state index contributed by atoms with van der Waals surface area (Å²) in [5.41, 5.74) is 2.67. The van der Waals surface area contributed by atoms with E-state index in [2.05, 4.69) is 10.1 Å². The Balaban J connectivity index is 1.40. The number of nitrogens with zero attached hydrogens (tertiary/aromatic N) is 2. The number of ether oxygens (including phenoxy) is 1. The maximum atomic E-state index is 12.1. The van der Waals surface area contributed by atoms with Gasteiger partial charge < -0.3 is 13.7 Å².